The lowest BCUT2D eigenvalue weighted by atomic mass is 10.1. The number of fused-ring (bicyclic) bond motifs is 1. The normalized spacial score (nSPS) is 13.1. The van der Waals surface area contributed by atoms with Gasteiger partial charge in [-0.3, -0.25) is 0 Å². The zero-order valence-electron chi connectivity index (χ0n) is 12.8. The van der Waals surface area contributed by atoms with E-state index in [1.165, 1.54) is 5.39 Å². The lowest BCUT2D eigenvalue weighted by Gasteiger charge is -2.20. The van der Waals surface area contributed by atoms with Gasteiger partial charge in [-0.05, 0) is 38.8 Å². The number of benzene rings is 1. The number of nitrogens with two attached hydrogens (primary N) is 1. The fourth-order valence-electron chi connectivity index (χ4n) is 2.18. The van der Waals surface area contributed by atoms with E-state index < -0.39 is 11.7 Å². The van der Waals surface area contributed by atoms with Crippen LogP contribution in [0, 0.1) is 0 Å². The summed E-state index contributed by atoms with van der Waals surface area (Å²) in [7, 11) is 0. The highest BCUT2D eigenvalue weighted by molar-refractivity contribution is 5.83. The summed E-state index contributed by atoms with van der Waals surface area (Å²) in [6.07, 6.45) is 2.23. The fraction of sp³-hybridized carbons (Fsp3) is 0.438. The van der Waals surface area contributed by atoms with Gasteiger partial charge in [0.25, 0.3) is 0 Å². The predicted octanol–water partition coefficient (Wildman–Crippen LogP) is 2.56. The number of rotatable bonds is 4. The molecular formula is C16H23N3O2. The van der Waals surface area contributed by atoms with Crippen LogP contribution in [0.3, 0.4) is 0 Å². The van der Waals surface area contributed by atoms with E-state index in [9.17, 15) is 4.79 Å². The molecule has 0 aliphatic heterocycles. The highest BCUT2D eigenvalue weighted by atomic mass is 16.6. The van der Waals surface area contributed by atoms with E-state index in [4.69, 9.17) is 10.5 Å². The Bertz CT molecular complexity index is 613. The van der Waals surface area contributed by atoms with Crippen molar-refractivity contribution >= 4 is 17.0 Å². The third-order valence-electron chi connectivity index (χ3n) is 3.06. The number of hydrogen-bond acceptors (Lipinski definition) is 3. The molecule has 1 amide bonds. The van der Waals surface area contributed by atoms with Crippen molar-refractivity contribution in [3.8, 4) is 0 Å². The van der Waals surface area contributed by atoms with Crippen molar-refractivity contribution in [3.05, 3.63) is 36.0 Å². The second kappa shape index (κ2) is 6.18. The maximum absolute atomic E-state index is 11.6. The van der Waals surface area contributed by atoms with Gasteiger partial charge in [-0.15, -0.1) is 0 Å². The Hall–Kier alpha value is -2.01. The van der Waals surface area contributed by atoms with Crippen molar-refractivity contribution in [1.29, 1.82) is 0 Å². The van der Waals surface area contributed by atoms with Gasteiger partial charge in [-0.1, -0.05) is 18.2 Å². The van der Waals surface area contributed by atoms with E-state index in [0.717, 1.165) is 11.1 Å². The molecule has 0 bridgehead atoms. The molecule has 0 saturated carbocycles. The number of ether oxygens (including phenoxy) is 1. The van der Waals surface area contributed by atoms with E-state index in [1.807, 2.05) is 45.2 Å². The van der Waals surface area contributed by atoms with Crippen LogP contribution in [0.4, 0.5) is 4.79 Å². The molecule has 0 fully saturated rings. The highest BCUT2D eigenvalue weighted by Crippen LogP contribution is 2.18. The van der Waals surface area contributed by atoms with Crippen LogP contribution in [0.25, 0.3) is 10.9 Å². The van der Waals surface area contributed by atoms with Crippen molar-refractivity contribution in [2.45, 2.75) is 38.8 Å². The number of aromatic amines is 1. The van der Waals surface area contributed by atoms with Gasteiger partial charge in [-0.25, -0.2) is 4.79 Å². The molecule has 1 atom stereocenters. The minimum absolute atomic E-state index is 0.156. The lowest BCUT2D eigenvalue weighted by Crippen LogP contribution is -2.41. The number of carbonyl (C=O) groups is 1. The predicted molar refractivity (Wildman–Crippen MR) is 84.2 cm³/mol. The number of nitrogens with one attached hydrogen (secondary N) is 2. The number of amides is 1. The van der Waals surface area contributed by atoms with Gasteiger partial charge in [0.15, 0.2) is 0 Å². The highest BCUT2D eigenvalue weighted by Gasteiger charge is 2.17. The van der Waals surface area contributed by atoms with Gasteiger partial charge >= 0.3 is 6.09 Å². The Morgan fingerprint density at radius 2 is 2.10 bits per heavy atom. The Labute approximate surface area is 124 Å². The first-order valence-corrected chi connectivity index (χ1v) is 7.12. The van der Waals surface area contributed by atoms with Gasteiger partial charge in [-0.2, -0.15) is 0 Å². The molecule has 1 aromatic carbocycles. The van der Waals surface area contributed by atoms with Crippen molar-refractivity contribution in [1.82, 2.24) is 10.3 Å². The zero-order chi connectivity index (χ0) is 15.5. The Morgan fingerprint density at radius 3 is 2.81 bits per heavy atom. The average Bonchev–Trinajstić information content (AvgIpc) is 2.78. The zero-order valence-corrected chi connectivity index (χ0v) is 12.8. The third-order valence-corrected chi connectivity index (χ3v) is 3.06. The van der Waals surface area contributed by atoms with Crippen LogP contribution in [0.15, 0.2) is 30.5 Å². The number of alkyl carbamates (subject to hydrolysis) is 1. The molecule has 0 unspecified atom stereocenters. The van der Waals surface area contributed by atoms with Crippen molar-refractivity contribution < 1.29 is 9.53 Å². The van der Waals surface area contributed by atoms with Crippen molar-refractivity contribution in [3.63, 3.8) is 0 Å². The Kier molecular flexibility index (Phi) is 4.53. The first-order valence-electron chi connectivity index (χ1n) is 7.12. The molecule has 114 valence electrons. The summed E-state index contributed by atoms with van der Waals surface area (Å²) in [5.74, 6) is 0. The molecule has 21 heavy (non-hydrogen) atoms. The second-order valence-electron chi connectivity index (χ2n) is 6.21. The monoisotopic (exact) mass is 289 g/mol. The molecule has 2 aromatic rings. The average molecular weight is 289 g/mol. The maximum Gasteiger partial charge on any atom is 0.407 e. The molecule has 1 aromatic heterocycles. The van der Waals surface area contributed by atoms with Crippen molar-refractivity contribution in [2.75, 3.05) is 6.54 Å². The molecule has 1 heterocycles. The van der Waals surface area contributed by atoms with Crippen LogP contribution < -0.4 is 11.1 Å². The van der Waals surface area contributed by atoms with E-state index in [2.05, 4.69) is 16.4 Å². The number of para-hydroxylation sites is 1. The van der Waals surface area contributed by atoms with E-state index in [-0.39, 0.29) is 6.04 Å². The van der Waals surface area contributed by atoms with Gasteiger partial charge in [0.2, 0.25) is 0 Å². The summed E-state index contributed by atoms with van der Waals surface area (Å²) in [6.45, 7) is 5.88. The third kappa shape index (κ3) is 4.49. The van der Waals surface area contributed by atoms with Crippen LogP contribution in [-0.4, -0.2) is 29.3 Å². The van der Waals surface area contributed by atoms with E-state index >= 15 is 0 Å². The fourth-order valence-corrected chi connectivity index (χ4v) is 2.18. The Balaban J connectivity index is 1.87. The standard InChI is InChI=1S/C16H23N3O2/c1-16(2,3)21-15(20)19-10-12(17)8-11-9-18-14-7-5-4-6-13(11)14/h4-7,9,12,18H,8,10,17H2,1-3H3,(H,19,20)/t12-/m0/s1. The molecule has 0 aliphatic carbocycles. The van der Waals surface area contributed by atoms with Crippen LogP contribution in [0.5, 0.6) is 0 Å². The lowest BCUT2D eigenvalue weighted by molar-refractivity contribution is 0.0524. The molecule has 0 aliphatic rings. The molecule has 5 heteroatoms. The Morgan fingerprint density at radius 1 is 1.38 bits per heavy atom. The molecule has 0 radical (unpaired) electrons. The topological polar surface area (TPSA) is 80.1 Å². The smallest absolute Gasteiger partial charge is 0.407 e. The number of aromatic nitrogens is 1. The summed E-state index contributed by atoms with van der Waals surface area (Å²) < 4.78 is 5.18. The van der Waals surface area contributed by atoms with Gasteiger partial charge in [0.05, 0.1) is 0 Å². The van der Waals surface area contributed by atoms with Gasteiger partial charge < -0.3 is 20.8 Å². The van der Waals surface area contributed by atoms with Gasteiger partial charge in [0, 0.05) is 29.7 Å². The van der Waals surface area contributed by atoms with Crippen molar-refractivity contribution in [2.24, 2.45) is 5.73 Å². The molecular weight excluding hydrogens is 266 g/mol. The largest absolute Gasteiger partial charge is 0.444 e. The van der Waals surface area contributed by atoms with E-state index in [1.54, 1.807) is 0 Å². The van der Waals surface area contributed by atoms with E-state index in [0.29, 0.717) is 13.0 Å². The summed E-state index contributed by atoms with van der Waals surface area (Å²) in [6, 6.07) is 7.94. The molecule has 0 spiro atoms. The quantitative estimate of drug-likeness (QED) is 0.809. The SMILES string of the molecule is CC(C)(C)OC(=O)NC[C@@H](N)Cc1c[nH]c2ccccc12. The van der Waals surface area contributed by atoms with Gasteiger partial charge in [0.1, 0.15) is 5.60 Å². The number of H-pyrrole nitrogens is 1. The summed E-state index contributed by atoms with van der Waals surface area (Å²) in [5, 5.41) is 3.87. The molecule has 5 nitrogen and oxygen atoms in total. The summed E-state index contributed by atoms with van der Waals surface area (Å²) in [4.78, 5) is 14.8. The van der Waals surface area contributed by atoms with Crippen LogP contribution >= 0.6 is 0 Å². The number of hydrogen-bond donors (Lipinski definition) is 3. The first kappa shape index (κ1) is 15.4. The maximum atomic E-state index is 11.6. The summed E-state index contributed by atoms with van der Waals surface area (Å²) in [5.41, 5.74) is 7.84. The second-order valence-corrected chi connectivity index (χ2v) is 6.21. The van der Waals surface area contributed by atoms with Crippen LogP contribution in [-0.2, 0) is 11.2 Å². The first-order chi connectivity index (χ1) is 9.85. The van der Waals surface area contributed by atoms with Crippen LogP contribution in [0.1, 0.15) is 26.3 Å². The summed E-state index contributed by atoms with van der Waals surface area (Å²) >= 11 is 0. The number of carbonyl (C=O) groups excluding carboxylic acids is 1. The molecule has 4 N–H and O–H groups in total. The van der Waals surface area contributed by atoms with Crippen LogP contribution in [0.2, 0.25) is 0 Å². The minimum Gasteiger partial charge on any atom is -0.444 e. The minimum atomic E-state index is -0.495. The molecule has 0 saturated heterocycles. The molecule has 2 rings (SSSR count).